The fourth-order valence-electron chi connectivity index (χ4n) is 2.62. The first kappa shape index (κ1) is 25.2. The van der Waals surface area contributed by atoms with Crippen LogP contribution in [0.15, 0.2) is 35.9 Å². The van der Waals surface area contributed by atoms with E-state index in [-0.39, 0.29) is 6.42 Å². The van der Waals surface area contributed by atoms with Gasteiger partial charge in [-0.1, -0.05) is 35.9 Å². The number of carbonyl (C=O) groups is 3. The van der Waals surface area contributed by atoms with Crippen LogP contribution in [0.1, 0.15) is 67.4 Å². The Bertz CT molecular complexity index is 771. The average molecular weight is 420 g/mol. The van der Waals surface area contributed by atoms with Crippen LogP contribution >= 0.6 is 0 Å². The third kappa shape index (κ3) is 7.89. The standard InChI is InChI=1S/C23H33NO6/c1-15(16(2)17-12-10-9-11-13-17)14-18(19(25)26)24(20(27)29-22(3,4)5)21(28)30-23(6,7)8/h9-13,18H,14H2,1-8H3,(H,25,26)/b16-15+/t18-/m0/s1. The second kappa shape index (κ2) is 9.78. The molecule has 166 valence electrons. The molecule has 0 aliphatic heterocycles. The summed E-state index contributed by atoms with van der Waals surface area (Å²) in [6, 6.07) is 8.00. The molecule has 1 aromatic carbocycles. The maximum absolute atomic E-state index is 12.8. The number of benzene rings is 1. The molecule has 7 heteroatoms. The van der Waals surface area contributed by atoms with E-state index < -0.39 is 35.4 Å². The highest BCUT2D eigenvalue weighted by Crippen LogP contribution is 2.25. The van der Waals surface area contributed by atoms with Crippen molar-refractivity contribution < 1.29 is 29.0 Å². The van der Waals surface area contributed by atoms with Gasteiger partial charge < -0.3 is 14.6 Å². The van der Waals surface area contributed by atoms with E-state index in [0.29, 0.717) is 4.90 Å². The van der Waals surface area contributed by atoms with Crippen molar-refractivity contribution in [2.75, 3.05) is 0 Å². The quantitative estimate of drug-likeness (QED) is 0.678. The van der Waals surface area contributed by atoms with Crippen molar-refractivity contribution in [2.45, 2.75) is 79.1 Å². The first-order chi connectivity index (χ1) is 13.6. The van der Waals surface area contributed by atoms with Gasteiger partial charge in [0, 0.05) is 6.42 Å². The first-order valence-electron chi connectivity index (χ1n) is 9.82. The Morgan fingerprint density at radius 3 is 1.70 bits per heavy atom. The van der Waals surface area contributed by atoms with Gasteiger partial charge in [0.1, 0.15) is 17.2 Å². The van der Waals surface area contributed by atoms with Gasteiger partial charge in [-0.2, -0.15) is 4.90 Å². The number of allylic oxidation sites excluding steroid dienone is 1. The van der Waals surface area contributed by atoms with E-state index in [0.717, 1.165) is 16.7 Å². The van der Waals surface area contributed by atoms with E-state index >= 15 is 0 Å². The molecule has 1 rings (SSSR count). The lowest BCUT2D eigenvalue weighted by Crippen LogP contribution is -2.52. The topological polar surface area (TPSA) is 93.1 Å². The van der Waals surface area contributed by atoms with Crippen molar-refractivity contribution in [1.82, 2.24) is 4.90 Å². The molecule has 0 saturated heterocycles. The Kier molecular flexibility index (Phi) is 8.22. The van der Waals surface area contributed by atoms with Gasteiger partial charge in [-0.05, 0) is 66.5 Å². The molecule has 0 heterocycles. The van der Waals surface area contributed by atoms with Crippen LogP contribution in [0, 0.1) is 0 Å². The number of hydrogen-bond donors (Lipinski definition) is 1. The van der Waals surface area contributed by atoms with Crippen molar-refractivity contribution in [2.24, 2.45) is 0 Å². The number of ether oxygens (including phenoxy) is 2. The highest BCUT2D eigenvalue weighted by Gasteiger charge is 2.40. The second-order valence-electron chi connectivity index (χ2n) is 9.16. The molecule has 2 amide bonds. The van der Waals surface area contributed by atoms with Gasteiger partial charge in [0.15, 0.2) is 0 Å². The van der Waals surface area contributed by atoms with Crippen LogP contribution < -0.4 is 0 Å². The zero-order valence-electron chi connectivity index (χ0n) is 19.1. The largest absolute Gasteiger partial charge is 0.480 e. The molecular weight excluding hydrogens is 386 g/mol. The lowest BCUT2D eigenvalue weighted by atomic mass is 9.97. The molecule has 0 saturated carbocycles. The number of carboxylic acids is 1. The molecule has 0 unspecified atom stereocenters. The Balaban J connectivity index is 3.34. The highest BCUT2D eigenvalue weighted by molar-refractivity contribution is 5.94. The summed E-state index contributed by atoms with van der Waals surface area (Å²) in [4.78, 5) is 38.2. The van der Waals surface area contributed by atoms with E-state index in [4.69, 9.17) is 9.47 Å². The van der Waals surface area contributed by atoms with Crippen LogP contribution in [-0.4, -0.2) is 45.4 Å². The Morgan fingerprint density at radius 2 is 1.33 bits per heavy atom. The smallest absolute Gasteiger partial charge is 0.420 e. The molecule has 0 aromatic heterocycles. The van der Waals surface area contributed by atoms with E-state index in [9.17, 15) is 19.5 Å². The summed E-state index contributed by atoms with van der Waals surface area (Å²) >= 11 is 0. The molecular formula is C23H33NO6. The summed E-state index contributed by atoms with van der Waals surface area (Å²) in [6.07, 6.45) is -2.18. The lowest BCUT2D eigenvalue weighted by molar-refractivity contribution is -0.143. The number of amides is 2. The van der Waals surface area contributed by atoms with Gasteiger partial charge in [0.2, 0.25) is 0 Å². The molecule has 0 spiro atoms. The summed E-state index contributed by atoms with van der Waals surface area (Å²) in [5.74, 6) is -1.33. The third-order valence-electron chi connectivity index (χ3n) is 4.12. The molecule has 30 heavy (non-hydrogen) atoms. The van der Waals surface area contributed by atoms with Crippen LogP contribution in [0.5, 0.6) is 0 Å². The SMILES string of the molecule is C/C(C[C@@H](C(=O)O)N(C(=O)OC(C)(C)C)C(=O)OC(C)(C)C)=C(/C)c1ccccc1. The van der Waals surface area contributed by atoms with Gasteiger partial charge in [-0.3, -0.25) is 0 Å². The molecule has 1 atom stereocenters. The molecule has 0 aliphatic carbocycles. The van der Waals surface area contributed by atoms with E-state index in [2.05, 4.69) is 0 Å². The van der Waals surface area contributed by atoms with Crippen molar-refractivity contribution in [3.8, 4) is 0 Å². The Morgan fingerprint density at radius 1 is 0.900 bits per heavy atom. The first-order valence-corrected chi connectivity index (χ1v) is 9.82. The monoisotopic (exact) mass is 419 g/mol. The normalized spacial score (nSPS) is 13.7. The van der Waals surface area contributed by atoms with Gasteiger partial charge in [-0.25, -0.2) is 14.4 Å². The molecule has 0 bridgehead atoms. The fraction of sp³-hybridized carbons (Fsp3) is 0.522. The van der Waals surface area contributed by atoms with E-state index in [1.165, 1.54) is 0 Å². The number of imide groups is 1. The van der Waals surface area contributed by atoms with E-state index in [1.807, 2.05) is 37.3 Å². The van der Waals surface area contributed by atoms with Gasteiger partial charge >= 0.3 is 18.2 Å². The Labute approximate surface area is 178 Å². The molecule has 0 fully saturated rings. The zero-order valence-corrected chi connectivity index (χ0v) is 19.1. The number of aliphatic carboxylic acids is 1. The van der Waals surface area contributed by atoms with Crippen LogP contribution in [0.4, 0.5) is 9.59 Å². The maximum atomic E-state index is 12.8. The minimum atomic E-state index is -1.48. The minimum Gasteiger partial charge on any atom is -0.480 e. The van der Waals surface area contributed by atoms with Crippen molar-refractivity contribution in [1.29, 1.82) is 0 Å². The summed E-state index contributed by atoms with van der Waals surface area (Å²) in [7, 11) is 0. The predicted molar refractivity (Wildman–Crippen MR) is 115 cm³/mol. The zero-order chi connectivity index (χ0) is 23.3. The maximum Gasteiger partial charge on any atom is 0.420 e. The summed E-state index contributed by atoms with van der Waals surface area (Å²) in [5, 5.41) is 9.86. The average Bonchev–Trinajstić information content (AvgIpc) is 2.57. The fourth-order valence-corrected chi connectivity index (χ4v) is 2.62. The van der Waals surface area contributed by atoms with Gasteiger partial charge in [0.05, 0.1) is 0 Å². The summed E-state index contributed by atoms with van der Waals surface area (Å²) in [6.45, 7) is 13.5. The van der Waals surface area contributed by atoms with Crippen molar-refractivity contribution in [3.63, 3.8) is 0 Å². The summed E-state index contributed by atoms with van der Waals surface area (Å²) in [5.41, 5.74) is 0.706. The number of carboxylic acid groups (broad SMARTS) is 1. The molecule has 0 radical (unpaired) electrons. The highest BCUT2D eigenvalue weighted by atomic mass is 16.6. The van der Waals surface area contributed by atoms with Crippen LogP contribution in [-0.2, 0) is 14.3 Å². The lowest BCUT2D eigenvalue weighted by Gasteiger charge is -2.32. The van der Waals surface area contributed by atoms with Crippen molar-refractivity contribution in [3.05, 3.63) is 41.5 Å². The Hall–Kier alpha value is -2.83. The van der Waals surface area contributed by atoms with Gasteiger partial charge in [-0.15, -0.1) is 0 Å². The number of nitrogens with zero attached hydrogens (tertiary/aromatic N) is 1. The molecule has 7 nitrogen and oxygen atoms in total. The third-order valence-corrected chi connectivity index (χ3v) is 4.12. The van der Waals surface area contributed by atoms with E-state index in [1.54, 1.807) is 48.5 Å². The molecule has 1 N–H and O–H groups in total. The van der Waals surface area contributed by atoms with Gasteiger partial charge in [0.25, 0.3) is 0 Å². The minimum absolute atomic E-state index is 0.0610. The number of rotatable bonds is 5. The van der Waals surface area contributed by atoms with Crippen LogP contribution in [0.2, 0.25) is 0 Å². The number of hydrogen-bond acceptors (Lipinski definition) is 5. The second-order valence-corrected chi connectivity index (χ2v) is 9.16. The van der Waals surface area contributed by atoms with Crippen LogP contribution in [0.25, 0.3) is 5.57 Å². The number of carbonyl (C=O) groups excluding carboxylic acids is 2. The van der Waals surface area contributed by atoms with Crippen LogP contribution in [0.3, 0.4) is 0 Å². The summed E-state index contributed by atoms with van der Waals surface area (Å²) < 4.78 is 10.6. The molecule has 0 aliphatic rings. The molecule has 1 aromatic rings. The van der Waals surface area contributed by atoms with Crippen molar-refractivity contribution >= 4 is 23.7 Å². The predicted octanol–water partition coefficient (Wildman–Crippen LogP) is 5.50.